The van der Waals surface area contributed by atoms with Gasteiger partial charge in [0, 0.05) is 30.2 Å². The predicted octanol–water partition coefficient (Wildman–Crippen LogP) is 3.91. The van der Waals surface area contributed by atoms with Crippen LogP contribution in [-0.2, 0) is 24.1 Å². The van der Waals surface area contributed by atoms with E-state index in [0.29, 0.717) is 30.0 Å². The maximum atomic E-state index is 12.4. The summed E-state index contributed by atoms with van der Waals surface area (Å²) in [5.41, 5.74) is 3.49. The molecule has 0 aliphatic heterocycles. The van der Waals surface area contributed by atoms with Crippen molar-refractivity contribution in [3.8, 4) is 11.5 Å². The second kappa shape index (κ2) is 12.4. The third kappa shape index (κ3) is 8.06. The first-order chi connectivity index (χ1) is 16.3. The second-order valence-corrected chi connectivity index (χ2v) is 8.91. The van der Waals surface area contributed by atoms with Gasteiger partial charge in [0.2, 0.25) is 5.91 Å². The molecular weight excluding hydrogens is 452 g/mol. The molecular formula is C27H31ClN2O4. The molecule has 180 valence electrons. The fourth-order valence-corrected chi connectivity index (χ4v) is 4.05. The zero-order valence-electron chi connectivity index (χ0n) is 19.2. The largest absolute Gasteiger partial charge is 0.508 e. The lowest BCUT2D eigenvalue weighted by molar-refractivity contribution is -0.120. The summed E-state index contributed by atoms with van der Waals surface area (Å²) in [5.74, 6) is -0.216. The van der Waals surface area contributed by atoms with Gasteiger partial charge in [-0.1, -0.05) is 54.1 Å². The van der Waals surface area contributed by atoms with Gasteiger partial charge in [-0.25, -0.2) is 0 Å². The van der Waals surface area contributed by atoms with E-state index in [0.717, 1.165) is 23.1 Å². The van der Waals surface area contributed by atoms with E-state index in [1.807, 2.05) is 55.5 Å². The van der Waals surface area contributed by atoms with Crippen LogP contribution in [0.15, 0.2) is 66.7 Å². The molecule has 7 heteroatoms. The van der Waals surface area contributed by atoms with Crippen molar-refractivity contribution in [1.82, 2.24) is 10.6 Å². The molecule has 2 atom stereocenters. The summed E-state index contributed by atoms with van der Waals surface area (Å²) in [6.45, 7) is 2.82. The number of halogens is 1. The Morgan fingerprint density at radius 1 is 0.971 bits per heavy atom. The molecule has 0 saturated carbocycles. The lowest BCUT2D eigenvalue weighted by atomic mass is 10.0. The summed E-state index contributed by atoms with van der Waals surface area (Å²) in [5, 5.41) is 36.5. The SMILES string of the molecule is C[C@H](Cc1cccc(CC(=O)NCCc2ccccc2Cl)c1)NC[C@H](O)c1cc(O)cc(O)c1. The summed E-state index contributed by atoms with van der Waals surface area (Å²) in [7, 11) is 0. The highest BCUT2D eigenvalue weighted by atomic mass is 35.5. The number of amides is 1. The van der Waals surface area contributed by atoms with E-state index in [2.05, 4.69) is 10.6 Å². The summed E-state index contributed by atoms with van der Waals surface area (Å²) < 4.78 is 0. The van der Waals surface area contributed by atoms with Gasteiger partial charge in [-0.15, -0.1) is 0 Å². The molecule has 1 amide bonds. The zero-order valence-corrected chi connectivity index (χ0v) is 19.9. The van der Waals surface area contributed by atoms with E-state index in [-0.39, 0.29) is 30.0 Å². The molecule has 3 rings (SSSR count). The van der Waals surface area contributed by atoms with Gasteiger partial charge in [0.15, 0.2) is 0 Å². The third-order valence-electron chi connectivity index (χ3n) is 5.54. The molecule has 0 spiro atoms. The van der Waals surface area contributed by atoms with Crippen molar-refractivity contribution in [3.63, 3.8) is 0 Å². The quantitative estimate of drug-likeness (QED) is 0.285. The molecule has 0 fully saturated rings. The molecule has 0 heterocycles. The Kier molecular flexibility index (Phi) is 9.33. The van der Waals surface area contributed by atoms with Crippen molar-refractivity contribution in [2.75, 3.05) is 13.1 Å². The van der Waals surface area contributed by atoms with Crippen LogP contribution >= 0.6 is 11.6 Å². The molecule has 0 bridgehead atoms. The lowest BCUT2D eigenvalue weighted by Crippen LogP contribution is -2.32. The van der Waals surface area contributed by atoms with E-state index in [9.17, 15) is 20.1 Å². The third-order valence-corrected chi connectivity index (χ3v) is 5.91. The van der Waals surface area contributed by atoms with E-state index in [1.165, 1.54) is 18.2 Å². The minimum Gasteiger partial charge on any atom is -0.508 e. The van der Waals surface area contributed by atoms with Gasteiger partial charge < -0.3 is 26.0 Å². The van der Waals surface area contributed by atoms with Crippen molar-refractivity contribution in [2.45, 2.75) is 38.3 Å². The molecule has 0 unspecified atom stereocenters. The summed E-state index contributed by atoms with van der Waals surface area (Å²) in [6, 6.07) is 19.7. The summed E-state index contributed by atoms with van der Waals surface area (Å²) in [4.78, 5) is 12.4. The van der Waals surface area contributed by atoms with Crippen molar-refractivity contribution in [1.29, 1.82) is 0 Å². The van der Waals surface area contributed by atoms with E-state index in [1.54, 1.807) is 0 Å². The van der Waals surface area contributed by atoms with Gasteiger partial charge >= 0.3 is 0 Å². The van der Waals surface area contributed by atoms with Crippen LogP contribution in [0.25, 0.3) is 0 Å². The van der Waals surface area contributed by atoms with Crippen LogP contribution in [0.4, 0.5) is 0 Å². The number of nitrogens with one attached hydrogen (secondary N) is 2. The van der Waals surface area contributed by atoms with E-state index < -0.39 is 6.10 Å². The van der Waals surface area contributed by atoms with E-state index >= 15 is 0 Å². The van der Waals surface area contributed by atoms with Crippen LogP contribution in [0, 0.1) is 0 Å². The van der Waals surface area contributed by atoms with Crippen LogP contribution < -0.4 is 10.6 Å². The average molecular weight is 483 g/mol. The highest BCUT2D eigenvalue weighted by Crippen LogP contribution is 2.24. The highest BCUT2D eigenvalue weighted by molar-refractivity contribution is 6.31. The monoisotopic (exact) mass is 482 g/mol. The zero-order chi connectivity index (χ0) is 24.5. The fraction of sp³-hybridized carbons (Fsp3) is 0.296. The summed E-state index contributed by atoms with van der Waals surface area (Å²) in [6.07, 6.45) is 0.849. The standard InChI is InChI=1S/C27H31ClN2O4/c1-18(30-17-26(33)22-14-23(31)16-24(32)15-22)11-19-5-4-6-20(12-19)13-27(34)29-10-9-21-7-2-3-8-25(21)28/h2-8,12,14-16,18,26,30-33H,9-11,13,17H2,1H3,(H,29,34)/t18-,26+/m1/s1. The average Bonchev–Trinajstić information content (AvgIpc) is 2.78. The van der Waals surface area contributed by atoms with Crippen molar-refractivity contribution >= 4 is 17.5 Å². The minimum atomic E-state index is -0.860. The first kappa shape index (κ1) is 25.6. The molecule has 3 aromatic rings. The Bertz CT molecular complexity index is 1090. The fourth-order valence-electron chi connectivity index (χ4n) is 3.82. The molecule has 6 nitrogen and oxygen atoms in total. The number of carbonyl (C=O) groups excluding carboxylic acids is 1. The number of hydrogen-bond acceptors (Lipinski definition) is 5. The first-order valence-electron chi connectivity index (χ1n) is 11.3. The Hall–Kier alpha value is -3.06. The van der Waals surface area contributed by atoms with Crippen molar-refractivity contribution in [2.24, 2.45) is 0 Å². The second-order valence-electron chi connectivity index (χ2n) is 8.50. The van der Waals surface area contributed by atoms with Crippen molar-refractivity contribution < 1.29 is 20.1 Å². The van der Waals surface area contributed by atoms with Gasteiger partial charge in [0.25, 0.3) is 0 Å². The Labute approximate surface area is 205 Å². The van der Waals surface area contributed by atoms with Crippen LogP contribution in [0.5, 0.6) is 11.5 Å². The molecule has 0 aliphatic carbocycles. The number of rotatable bonds is 11. The number of carbonyl (C=O) groups is 1. The molecule has 0 radical (unpaired) electrons. The maximum absolute atomic E-state index is 12.4. The molecule has 34 heavy (non-hydrogen) atoms. The molecule has 5 N–H and O–H groups in total. The summed E-state index contributed by atoms with van der Waals surface area (Å²) >= 11 is 6.16. The normalized spacial score (nSPS) is 12.8. The van der Waals surface area contributed by atoms with Crippen LogP contribution in [0.1, 0.15) is 35.3 Å². The van der Waals surface area contributed by atoms with Crippen LogP contribution in [0.3, 0.4) is 0 Å². The van der Waals surface area contributed by atoms with Gasteiger partial charge in [0.05, 0.1) is 12.5 Å². The van der Waals surface area contributed by atoms with Gasteiger partial charge in [-0.05, 0) is 60.2 Å². The van der Waals surface area contributed by atoms with E-state index in [4.69, 9.17) is 11.6 Å². The smallest absolute Gasteiger partial charge is 0.224 e. The lowest BCUT2D eigenvalue weighted by Gasteiger charge is -2.18. The molecule has 0 aliphatic rings. The minimum absolute atomic E-state index is 0.0344. The van der Waals surface area contributed by atoms with Gasteiger partial charge in [-0.3, -0.25) is 4.79 Å². The van der Waals surface area contributed by atoms with Crippen LogP contribution in [0.2, 0.25) is 5.02 Å². The number of hydrogen-bond donors (Lipinski definition) is 5. The Morgan fingerprint density at radius 3 is 2.41 bits per heavy atom. The number of aliphatic hydroxyl groups is 1. The number of benzene rings is 3. The first-order valence-corrected chi connectivity index (χ1v) is 11.7. The molecule has 3 aromatic carbocycles. The number of phenols is 2. The maximum Gasteiger partial charge on any atom is 0.224 e. The topological polar surface area (TPSA) is 102 Å². The predicted molar refractivity (Wildman–Crippen MR) is 134 cm³/mol. The Morgan fingerprint density at radius 2 is 1.68 bits per heavy atom. The highest BCUT2D eigenvalue weighted by Gasteiger charge is 2.13. The van der Waals surface area contributed by atoms with Crippen LogP contribution in [-0.4, -0.2) is 40.4 Å². The Balaban J connectivity index is 1.44. The van der Waals surface area contributed by atoms with Gasteiger partial charge in [0.1, 0.15) is 11.5 Å². The number of phenolic OH excluding ortho intramolecular Hbond substituents is 2. The van der Waals surface area contributed by atoms with Crippen molar-refractivity contribution in [3.05, 3.63) is 94.0 Å². The number of aromatic hydroxyl groups is 2. The molecule has 0 aromatic heterocycles. The van der Waals surface area contributed by atoms with Gasteiger partial charge in [-0.2, -0.15) is 0 Å². The number of aliphatic hydroxyl groups excluding tert-OH is 1. The molecule has 0 saturated heterocycles.